The van der Waals surface area contributed by atoms with Crippen LogP contribution in [0.3, 0.4) is 0 Å². The van der Waals surface area contributed by atoms with E-state index in [1.54, 1.807) is 6.20 Å². The smallest absolute Gasteiger partial charge is 0.138 e. The molecule has 0 fully saturated rings. The van der Waals surface area contributed by atoms with E-state index in [1.807, 2.05) is 12.3 Å². The monoisotopic (exact) mass is 601 g/mol. The van der Waals surface area contributed by atoms with Gasteiger partial charge in [0.25, 0.3) is 0 Å². The zero-order valence-electron chi connectivity index (χ0n) is 25.3. The molecule has 0 aliphatic heterocycles. The summed E-state index contributed by atoms with van der Waals surface area (Å²) >= 11 is 0. The lowest BCUT2D eigenvalue weighted by atomic mass is 10.1. The first kappa shape index (κ1) is 25.8. The quantitative estimate of drug-likeness (QED) is 0.201. The van der Waals surface area contributed by atoms with Gasteiger partial charge in [0.15, 0.2) is 0 Å². The van der Waals surface area contributed by atoms with Crippen LogP contribution in [0.1, 0.15) is 0 Å². The van der Waals surface area contributed by atoms with E-state index in [9.17, 15) is 0 Å². The molecule has 0 atom stereocenters. The number of para-hydroxylation sites is 3. The lowest BCUT2D eigenvalue weighted by Crippen LogP contribution is -1.99. The third-order valence-electron chi connectivity index (χ3n) is 9.34. The summed E-state index contributed by atoms with van der Waals surface area (Å²) in [6.45, 7) is 0. The molecule has 5 nitrogen and oxygen atoms in total. The molecule has 5 aromatic heterocycles. The fourth-order valence-electron chi connectivity index (χ4n) is 7.31. The Morgan fingerprint density at radius 3 is 2.13 bits per heavy atom. The molecular formula is C42H27N5. The van der Waals surface area contributed by atoms with E-state index < -0.39 is 0 Å². The Hall–Kier alpha value is -6.46. The van der Waals surface area contributed by atoms with Gasteiger partial charge in [0.1, 0.15) is 5.82 Å². The maximum atomic E-state index is 5.30. The van der Waals surface area contributed by atoms with Crippen LogP contribution in [0, 0.1) is 0 Å². The molecule has 5 heteroatoms. The number of hydrogen-bond donors (Lipinski definition) is 0. The van der Waals surface area contributed by atoms with E-state index in [0.717, 1.165) is 50.5 Å². The minimum atomic E-state index is 0.868. The predicted molar refractivity (Wildman–Crippen MR) is 193 cm³/mol. The zero-order chi connectivity index (χ0) is 30.9. The molecule has 0 N–H and O–H groups in total. The topological polar surface area (TPSA) is 40.6 Å². The van der Waals surface area contributed by atoms with E-state index in [4.69, 9.17) is 4.98 Å². The molecule has 0 amide bonds. The maximum absolute atomic E-state index is 5.30. The van der Waals surface area contributed by atoms with Crippen LogP contribution in [0.5, 0.6) is 0 Å². The first-order valence-corrected chi connectivity index (χ1v) is 15.8. The van der Waals surface area contributed by atoms with Gasteiger partial charge in [-0.15, -0.1) is 0 Å². The van der Waals surface area contributed by atoms with Crippen molar-refractivity contribution < 1.29 is 0 Å². The lowest BCUT2D eigenvalue weighted by molar-refractivity contribution is 1.08. The van der Waals surface area contributed by atoms with Crippen molar-refractivity contribution in [3.8, 4) is 28.5 Å². The summed E-state index contributed by atoms with van der Waals surface area (Å²) in [6, 6.07) is 51.7. The molecule has 10 rings (SSSR count). The standard InChI is InChI=1S/C42H27N5/c1-3-12-30(13-4-1)45-24-22-28-25-34-32-20-21-37-41(33-16-7-8-18-36(33)46(37)31-14-5-2-6-15-31)42(32)47(39(34)26-38(28)45)40-19-9-17-35(44-40)29-11-10-23-43-27-29/h1-27H. The van der Waals surface area contributed by atoms with Crippen LogP contribution in [0.15, 0.2) is 164 Å². The average Bonchev–Trinajstić information content (AvgIpc) is 3.81. The lowest BCUT2D eigenvalue weighted by Gasteiger charge is -2.11. The van der Waals surface area contributed by atoms with Crippen molar-refractivity contribution in [2.75, 3.05) is 0 Å². The normalized spacial score (nSPS) is 11.8. The molecule has 0 unspecified atom stereocenters. The summed E-state index contributed by atoms with van der Waals surface area (Å²) < 4.78 is 7.02. The molecule has 220 valence electrons. The highest BCUT2D eigenvalue weighted by molar-refractivity contribution is 6.27. The van der Waals surface area contributed by atoms with Crippen LogP contribution < -0.4 is 0 Å². The van der Waals surface area contributed by atoms with Gasteiger partial charge in [-0.2, -0.15) is 0 Å². The van der Waals surface area contributed by atoms with Crippen molar-refractivity contribution >= 4 is 54.5 Å². The van der Waals surface area contributed by atoms with Crippen LogP contribution in [-0.2, 0) is 0 Å². The third-order valence-corrected chi connectivity index (χ3v) is 9.34. The van der Waals surface area contributed by atoms with Gasteiger partial charge in [0.05, 0.1) is 33.3 Å². The van der Waals surface area contributed by atoms with Crippen LogP contribution >= 0.6 is 0 Å². The zero-order valence-corrected chi connectivity index (χ0v) is 25.3. The minimum Gasteiger partial charge on any atom is -0.316 e. The van der Waals surface area contributed by atoms with E-state index in [1.165, 1.54) is 32.4 Å². The van der Waals surface area contributed by atoms with Crippen molar-refractivity contribution in [2.45, 2.75) is 0 Å². The second-order valence-electron chi connectivity index (χ2n) is 12.0. The highest BCUT2D eigenvalue weighted by Gasteiger charge is 2.22. The van der Waals surface area contributed by atoms with Gasteiger partial charge in [-0.1, -0.05) is 66.7 Å². The molecule has 10 aromatic rings. The van der Waals surface area contributed by atoms with E-state index in [0.29, 0.717) is 0 Å². The molecule has 47 heavy (non-hydrogen) atoms. The van der Waals surface area contributed by atoms with Gasteiger partial charge in [-0.25, -0.2) is 4.98 Å². The van der Waals surface area contributed by atoms with Crippen molar-refractivity contribution in [1.82, 2.24) is 23.7 Å². The number of benzene rings is 5. The molecule has 0 saturated carbocycles. The Morgan fingerprint density at radius 1 is 0.489 bits per heavy atom. The Morgan fingerprint density at radius 2 is 1.30 bits per heavy atom. The largest absolute Gasteiger partial charge is 0.316 e. The minimum absolute atomic E-state index is 0.868. The number of rotatable bonds is 4. The summed E-state index contributed by atoms with van der Waals surface area (Å²) in [5.74, 6) is 0.868. The van der Waals surface area contributed by atoms with Crippen molar-refractivity contribution in [1.29, 1.82) is 0 Å². The van der Waals surface area contributed by atoms with Gasteiger partial charge in [0.2, 0.25) is 0 Å². The highest BCUT2D eigenvalue weighted by Crippen LogP contribution is 2.43. The van der Waals surface area contributed by atoms with Crippen molar-refractivity contribution in [3.63, 3.8) is 0 Å². The number of fused-ring (bicyclic) bond motifs is 8. The Bertz CT molecular complexity index is 2770. The molecule has 0 aliphatic carbocycles. The molecule has 0 saturated heterocycles. The molecule has 5 aromatic carbocycles. The summed E-state index contributed by atoms with van der Waals surface area (Å²) in [6.07, 6.45) is 5.84. The van der Waals surface area contributed by atoms with Gasteiger partial charge in [0, 0.05) is 62.5 Å². The summed E-state index contributed by atoms with van der Waals surface area (Å²) in [4.78, 5) is 9.67. The first-order chi connectivity index (χ1) is 23.3. The Balaban J connectivity index is 1.38. The molecular weight excluding hydrogens is 574 g/mol. The van der Waals surface area contributed by atoms with Crippen LogP contribution in [0.2, 0.25) is 0 Å². The van der Waals surface area contributed by atoms with E-state index in [2.05, 4.69) is 164 Å². The van der Waals surface area contributed by atoms with Crippen LogP contribution in [-0.4, -0.2) is 23.7 Å². The summed E-state index contributed by atoms with van der Waals surface area (Å²) in [5, 5.41) is 6.02. The van der Waals surface area contributed by atoms with Gasteiger partial charge in [-0.05, 0) is 78.9 Å². The second-order valence-corrected chi connectivity index (χ2v) is 12.0. The molecule has 0 bridgehead atoms. The summed E-state index contributed by atoms with van der Waals surface area (Å²) in [7, 11) is 0. The van der Waals surface area contributed by atoms with E-state index in [-0.39, 0.29) is 0 Å². The highest BCUT2D eigenvalue weighted by atomic mass is 15.1. The average molecular weight is 602 g/mol. The molecule has 0 spiro atoms. The van der Waals surface area contributed by atoms with Gasteiger partial charge >= 0.3 is 0 Å². The van der Waals surface area contributed by atoms with Gasteiger partial charge in [-0.3, -0.25) is 9.55 Å². The number of pyridine rings is 2. The van der Waals surface area contributed by atoms with Crippen molar-refractivity contribution in [3.05, 3.63) is 164 Å². The van der Waals surface area contributed by atoms with E-state index >= 15 is 0 Å². The number of nitrogens with zero attached hydrogens (tertiary/aromatic N) is 5. The first-order valence-electron chi connectivity index (χ1n) is 15.8. The summed E-state index contributed by atoms with van der Waals surface area (Å²) in [5.41, 5.74) is 9.90. The van der Waals surface area contributed by atoms with Gasteiger partial charge < -0.3 is 9.13 Å². The fraction of sp³-hybridized carbons (Fsp3) is 0. The van der Waals surface area contributed by atoms with Crippen LogP contribution in [0.4, 0.5) is 0 Å². The Kier molecular flexibility index (Phi) is 5.51. The third kappa shape index (κ3) is 3.83. The predicted octanol–water partition coefficient (Wildman–Crippen LogP) is 10.3. The molecule has 0 aliphatic rings. The fourth-order valence-corrected chi connectivity index (χ4v) is 7.31. The van der Waals surface area contributed by atoms with Crippen molar-refractivity contribution in [2.24, 2.45) is 0 Å². The Labute approximate surface area is 270 Å². The van der Waals surface area contributed by atoms with Crippen LogP contribution in [0.25, 0.3) is 83.0 Å². The number of hydrogen-bond acceptors (Lipinski definition) is 2. The SMILES string of the molecule is c1ccc(-n2ccc3cc4c5ccc6c(c7ccccc7n6-c6ccccc6)c5n(-c5cccc(-c6cccnc6)n5)c4cc32)cc1. The molecule has 0 radical (unpaired) electrons. The maximum Gasteiger partial charge on any atom is 0.138 e. The second kappa shape index (κ2) is 10.0. The number of aromatic nitrogens is 5. The molecule has 5 heterocycles.